The minimum absolute atomic E-state index is 0.0866. The van der Waals surface area contributed by atoms with Gasteiger partial charge in [0, 0.05) is 39.6 Å². The highest BCUT2D eigenvalue weighted by Gasteiger charge is 2.35. The summed E-state index contributed by atoms with van der Waals surface area (Å²) >= 11 is 0. The number of hydrogen-bond acceptors (Lipinski definition) is 3. The van der Waals surface area contributed by atoms with E-state index in [1.165, 1.54) is 0 Å². The lowest BCUT2D eigenvalue weighted by atomic mass is 10.2. The molecule has 0 aliphatic carbocycles. The minimum atomic E-state index is -0.212. The van der Waals surface area contributed by atoms with Crippen molar-refractivity contribution in [2.24, 2.45) is 0 Å². The van der Waals surface area contributed by atoms with Gasteiger partial charge in [0.1, 0.15) is 6.04 Å². The zero-order valence-corrected chi connectivity index (χ0v) is 9.03. The largest absolute Gasteiger partial charge is 0.338 e. The van der Waals surface area contributed by atoms with Gasteiger partial charge in [0.25, 0.3) is 0 Å². The normalized spacial score (nSPS) is 27.3. The van der Waals surface area contributed by atoms with Crippen molar-refractivity contribution in [3.8, 4) is 0 Å². The molecule has 2 heterocycles. The highest BCUT2D eigenvalue weighted by Crippen LogP contribution is 2.18. The van der Waals surface area contributed by atoms with Crippen LogP contribution in [0.3, 0.4) is 0 Å². The van der Waals surface area contributed by atoms with Gasteiger partial charge in [-0.2, -0.15) is 0 Å². The second-order valence-electron chi connectivity index (χ2n) is 4.13. The van der Waals surface area contributed by atoms with E-state index in [9.17, 15) is 9.59 Å². The highest BCUT2D eigenvalue weighted by atomic mass is 16.2. The molecule has 2 fully saturated rings. The number of carbonyl (C=O) groups excluding carboxylic acids is 2. The van der Waals surface area contributed by atoms with E-state index in [0.717, 1.165) is 26.2 Å². The SMILES string of the molecule is CN1C(=O)CCC1C(=O)N1CCNCC1. The number of piperazine rings is 1. The summed E-state index contributed by atoms with van der Waals surface area (Å²) in [5, 5.41) is 3.21. The third kappa shape index (κ3) is 1.97. The molecule has 0 saturated carbocycles. The van der Waals surface area contributed by atoms with Gasteiger partial charge in [-0.3, -0.25) is 9.59 Å². The molecule has 0 aromatic rings. The fraction of sp³-hybridized carbons (Fsp3) is 0.800. The maximum Gasteiger partial charge on any atom is 0.245 e. The third-order valence-electron chi connectivity index (χ3n) is 3.21. The second-order valence-corrected chi connectivity index (χ2v) is 4.13. The summed E-state index contributed by atoms with van der Waals surface area (Å²) in [5.74, 6) is 0.202. The maximum absolute atomic E-state index is 12.1. The van der Waals surface area contributed by atoms with Crippen molar-refractivity contribution in [2.75, 3.05) is 33.2 Å². The minimum Gasteiger partial charge on any atom is -0.338 e. The lowest BCUT2D eigenvalue weighted by molar-refractivity contribution is -0.140. The Kier molecular flexibility index (Phi) is 2.90. The van der Waals surface area contributed by atoms with Crippen LogP contribution in [0.2, 0.25) is 0 Å². The van der Waals surface area contributed by atoms with Gasteiger partial charge >= 0.3 is 0 Å². The van der Waals surface area contributed by atoms with Crippen LogP contribution in [-0.2, 0) is 9.59 Å². The summed E-state index contributed by atoms with van der Waals surface area (Å²) in [5.41, 5.74) is 0. The first-order valence-corrected chi connectivity index (χ1v) is 5.45. The Labute approximate surface area is 89.4 Å². The average molecular weight is 211 g/mol. The van der Waals surface area contributed by atoms with Crippen molar-refractivity contribution < 1.29 is 9.59 Å². The Bertz CT molecular complexity index is 274. The highest BCUT2D eigenvalue weighted by molar-refractivity contribution is 5.90. The van der Waals surface area contributed by atoms with Crippen LogP contribution >= 0.6 is 0 Å². The number of amides is 2. The molecule has 0 spiro atoms. The van der Waals surface area contributed by atoms with E-state index in [4.69, 9.17) is 0 Å². The van der Waals surface area contributed by atoms with Gasteiger partial charge in [0.15, 0.2) is 0 Å². The van der Waals surface area contributed by atoms with Crippen molar-refractivity contribution in [1.82, 2.24) is 15.1 Å². The van der Waals surface area contributed by atoms with Gasteiger partial charge < -0.3 is 15.1 Å². The zero-order chi connectivity index (χ0) is 10.8. The fourth-order valence-corrected chi connectivity index (χ4v) is 2.19. The molecule has 0 bridgehead atoms. The number of nitrogens with zero attached hydrogens (tertiary/aromatic N) is 2. The summed E-state index contributed by atoms with van der Waals surface area (Å²) < 4.78 is 0. The summed E-state index contributed by atoms with van der Waals surface area (Å²) in [7, 11) is 1.72. The summed E-state index contributed by atoms with van der Waals surface area (Å²) in [6.07, 6.45) is 1.19. The first-order valence-electron chi connectivity index (χ1n) is 5.45. The molecule has 0 aromatic heterocycles. The van der Waals surface area contributed by atoms with E-state index in [1.807, 2.05) is 4.90 Å². The summed E-state index contributed by atoms with van der Waals surface area (Å²) in [6, 6.07) is -0.212. The van der Waals surface area contributed by atoms with Crippen LogP contribution in [-0.4, -0.2) is 60.9 Å². The Hall–Kier alpha value is -1.10. The second kappa shape index (κ2) is 4.18. The van der Waals surface area contributed by atoms with E-state index in [1.54, 1.807) is 11.9 Å². The maximum atomic E-state index is 12.1. The predicted octanol–water partition coefficient (Wildman–Crippen LogP) is -0.961. The topological polar surface area (TPSA) is 52.7 Å². The molecule has 0 aromatic carbocycles. The monoisotopic (exact) mass is 211 g/mol. The molecule has 2 rings (SSSR count). The van der Waals surface area contributed by atoms with Gasteiger partial charge in [-0.25, -0.2) is 0 Å². The lowest BCUT2D eigenvalue weighted by Crippen LogP contribution is -2.52. The van der Waals surface area contributed by atoms with Crippen molar-refractivity contribution in [3.05, 3.63) is 0 Å². The molecule has 2 saturated heterocycles. The van der Waals surface area contributed by atoms with Gasteiger partial charge in [-0.1, -0.05) is 0 Å². The Morgan fingerprint density at radius 2 is 2.07 bits per heavy atom. The average Bonchev–Trinajstić information content (AvgIpc) is 2.60. The number of likely N-dealkylation sites (N-methyl/N-ethyl adjacent to an activating group) is 1. The van der Waals surface area contributed by atoms with E-state index >= 15 is 0 Å². The van der Waals surface area contributed by atoms with Crippen LogP contribution in [0.5, 0.6) is 0 Å². The number of rotatable bonds is 1. The number of carbonyl (C=O) groups is 2. The summed E-state index contributed by atoms with van der Waals surface area (Å²) in [6.45, 7) is 3.24. The Balaban J connectivity index is 1.98. The lowest BCUT2D eigenvalue weighted by Gasteiger charge is -2.31. The smallest absolute Gasteiger partial charge is 0.245 e. The number of nitrogens with one attached hydrogen (secondary N) is 1. The predicted molar refractivity (Wildman–Crippen MR) is 55.2 cm³/mol. The number of hydrogen-bond donors (Lipinski definition) is 1. The third-order valence-corrected chi connectivity index (χ3v) is 3.21. The van der Waals surface area contributed by atoms with Crippen LogP contribution in [0.15, 0.2) is 0 Å². The van der Waals surface area contributed by atoms with E-state index < -0.39 is 0 Å². The number of likely N-dealkylation sites (tertiary alicyclic amines) is 1. The van der Waals surface area contributed by atoms with Crippen molar-refractivity contribution >= 4 is 11.8 Å². The quantitative estimate of drug-likeness (QED) is 0.608. The van der Waals surface area contributed by atoms with Crippen LogP contribution in [0.4, 0.5) is 0 Å². The molecule has 1 unspecified atom stereocenters. The zero-order valence-electron chi connectivity index (χ0n) is 9.03. The molecule has 1 atom stereocenters. The van der Waals surface area contributed by atoms with Crippen molar-refractivity contribution in [1.29, 1.82) is 0 Å². The van der Waals surface area contributed by atoms with Crippen molar-refractivity contribution in [2.45, 2.75) is 18.9 Å². The molecule has 5 heteroatoms. The molecule has 2 amide bonds. The molecule has 2 aliphatic rings. The Morgan fingerprint density at radius 3 is 2.60 bits per heavy atom. The molecule has 1 N–H and O–H groups in total. The van der Waals surface area contributed by atoms with Crippen LogP contribution < -0.4 is 5.32 Å². The van der Waals surface area contributed by atoms with Gasteiger partial charge in [-0.15, -0.1) is 0 Å². The van der Waals surface area contributed by atoms with E-state index in [2.05, 4.69) is 5.32 Å². The van der Waals surface area contributed by atoms with Crippen LogP contribution in [0, 0.1) is 0 Å². The van der Waals surface area contributed by atoms with Crippen LogP contribution in [0.1, 0.15) is 12.8 Å². The molecule has 2 aliphatic heterocycles. The van der Waals surface area contributed by atoms with Crippen LogP contribution in [0.25, 0.3) is 0 Å². The van der Waals surface area contributed by atoms with Gasteiger partial charge in [0.2, 0.25) is 11.8 Å². The molecule has 5 nitrogen and oxygen atoms in total. The van der Waals surface area contributed by atoms with Crippen molar-refractivity contribution in [3.63, 3.8) is 0 Å². The molecule has 84 valence electrons. The first kappa shape index (κ1) is 10.4. The fourth-order valence-electron chi connectivity index (χ4n) is 2.19. The standard InChI is InChI=1S/C10H17N3O2/c1-12-8(2-3-9(12)14)10(15)13-6-4-11-5-7-13/h8,11H,2-7H2,1H3. The molecular formula is C10H17N3O2. The summed E-state index contributed by atoms with van der Waals surface area (Å²) in [4.78, 5) is 26.8. The molecular weight excluding hydrogens is 194 g/mol. The van der Waals surface area contributed by atoms with E-state index in [-0.39, 0.29) is 17.9 Å². The Morgan fingerprint density at radius 1 is 1.40 bits per heavy atom. The van der Waals surface area contributed by atoms with Gasteiger partial charge in [-0.05, 0) is 6.42 Å². The molecule has 15 heavy (non-hydrogen) atoms. The molecule has 0 radical (unpaired) electrons. The van der Waals surface area contributed by atoms with E-state index in [0.29, 0.717) is 12.8 Å². The van der Waals surface area contributed by atoms with Gasteiger partial charge in [0.05, 0.1) is 0 Å². The first-order chi connectivity index (χ1) is 7.20.